The van der Waals surface area contributed by atoms with Crippen LogP contribution in [0.3, 0.4) is 0 Å². The van der Waals surface area contributed by atoms with Crippen LogP contribution in [0.4, 0.5) is 0 Å². The Hall–Kier alpha value is -1.42. The smallest absolute Gasteiger partial charge is 0.253 e. The predicted molar refractivity (Wildman–Crippen MR) is 99.3 cm³/mol. The summed E-state index contributed by atoms with van der Waals surface area (Å²) in [5, 5.41) is 4.51. The summed E-state index contributed by atoms with van der Waals surface area (Å²) in [7, 11) is 7.79. The molecule has 124 valence electrons. The number of carbonyl (C=O) groups excluding carboxylic acids is 1. The van der Waals surface area contributed by atoms with Crippen molar-refractivity contribution in [1.29, 1.82) is 0 Å². The highest BCUT2D eigenvalue weighted by Gasteiger charge is 2.40. The fourth-order valence-corrected chi connectivity index (χ4v) is 4.95. The number of nitrogens with zero attached hydrogens (tertiary/aromatic N) is 1. The topological polar surface area (TPSA) is 34.0 Å². The molecule has 2 bridgehead atoms. The van der Waals surface area contributed by atoms with Gasteiger partial charge in [-0.25, -0.2) is 0 Å². The number of aryl methyl sites for hydroxylation is 1. The molecule has 0 unspecified atom stereocenters. The molecule has 0 aliphatic heterocycles. The van der Waals surface area contributed by atoms with Gasteiger partial charge < -0.3 is 9.88 Å². The summed E-state index contributed by atoms with van der Waals surface area (Å²) in [5.41, 5.74) is 2.46. The van der Waals surface area contributed by atoms with Crippen LogP contribution in [-0.4, -0.2) is 24.9 Å². The van der Waals surface area contributed by atoms with E-state index in [-0.39, 0.29) is 5.91 Å². The largest absolute Gasteiger partial charge is 0.351 e. The van der Waals surface area contributed by atoms with Crippen LogP contribution in [0.2, 0.25) is 5.02 Å². The number of rotatable bonds is 3. The van der Waals surface area contributed by atoms with Gasteiger partial charge >= 0.3 is 0 Å². The van der Waals surface area contributed by atoms with Crippen molar-refractivity contribution in [2.75, 3.05) is 6.54 Å². The molecule has 2 radical (unpaired) electrons. The zero-order chi connectivity index (χ0) is 16.9. The van der Waals surface area contributed by atoms with Crippen LogP contribution in [0.25, 0.3) is 10.9 Å². The Morgan fingerprint density at radius 2 is 2.00 bits per heavy atom. The molecular weight excluding hydrogens is 318 g/mol. The number of halogens is 1. The van der Waals surface area contributed by atoms with Gasteiger partial charge in [0.25, 0.3) is 5.91 Å². The van der Waals surface area contributed by atoms with Gasteiger partial charge in [0.1, 0.15) is 7.85 Å². The van der Waals surface area contributed by atoms with Crippen LogP contribution < -0.4 is 10.8 Å². The molecular formula is C19H22BClN2O. The lowest BCUT2D eigenvalue weighted by Crippen LogP contribution is -2.43. The molecule has 3 saturated carbocycles. The van der Waals surface area contributed by atoms with Crippen LogP contribution in [-0.2, 0) is 7.05 Å². The zero-order valence-corrected chi connectivity index (χ0v) is 14.8. The Morgan fingerprint density at radius 1 is 1.33 bits per heavy atom. The number of aromatic nitrogens is 1. The van der Waals surface area contributed by atoms with E-state index in [1.165, 1.54) is 38.5 Å². The molecule has 1 heterocycles. The van der Waals surface area contributed by atoms with E-state index in [2.05, 4.69) is 5.32 Å². The number of fused-ring (bicyclic) bond motifs is 4. The molecule has 1 N–H and O–H groups in total. The maximum atomic E-state index is 12.8. The molecule has 3 aliphatic rings. The van der Waals surface area contributed by atoms with Gasteiger partial charge in [-0.3, -0.25) is 4.79 Å². The van der Waals surface area contributed by atoms with E-state index < -0.39 is 0 Å². The molecule has 3 aliphatic carbocycles. The van der Waals surface area contributed by atoms with E-state index in [0.717, 1.165) is 23.4 Å². The average molecular weight is 341 g/mol. The van der Waals surface area contributed by atoms with Crippen molar-refractivity contribution in [3.05, 3.63) is 28.9 Å². The number of hydrogen-bond acceptors (Lipinski definition) is 1. The van der Waals surface area contributed by atoms with Crippen LogP contribution in [0.1, 0.15) is 48.9 Å². The molecule has 3 nitrogen and oxygen atoms in total. The monoisotopic (exact) mass is 340 g/mol. The lowest BCUT2D eigenvalue weighted by molar-refractivity contribution is 0.0598. The lowest BCUT2D eigenvalue weighted by atomic mass is 9.61. The number of amides is 1. The van der Waals surface area contributed by atoms with Crippen molar-refractivity contribution in [3.8, 4) is 0 Å². The maximum Gasteiger partial charge on any atom is 0.253 e. The van der Waals surface area contributed by atoms with Crippen LogP contribution >= 0.6 is 11.6 Å². The normalized spacial score (nSPS) is 26.0. The van der Waals surface area contributed by atoms with Crippen molar-refractivity contribution in [1.82, 2.24) is 9.88 Å². The third-order valence-corrected chi connectivity index (χ3v) is 6.48. The number of nitrogens with one attached hydrogen (secondary N) is 1. The highest BCUT2D eigenvalue weighted by Crippen LogP contribution is 2.49. The first-order valence-electron chi connectivity index (χ1n) is 8.80. The van der Waals surface area contributed by atoms with E-state index in [4.69, 9.17) is 19.4 Å². The Morgan fingerprint density at radius 3 is 2.67 bits per heavy atom. The standard InChI is InChI=1S/C19H22BClN2O/c1-23-10-14(17-15(21)8-13(20)9-16(17)23)18(24)22-11-19-5-2-12(3-6-19)4-7-19/h8-10,12H,2-7,11H2,1H3,(H,22,24). The van der Waals surface area contributed by atoms with Crippen molar-refractivity contribution < 1.29 is 4.79 Å². The number of carbonyl (C=O) groups is 1. The molecule has 1 aromatic heterocycles. The Labute approximate surface area is 149 Å². The second-order valence-electron chi connectivity index (χ2n) is 7.72. The predicted octanol–water partition coefficient (Wildman–Crippen LogP) is 3.33. The fraction of sp³-hybridized carbons (Fsp3) is 0.526. The van der Waals surface area contributed by atoms with E-state index in [1.807, 2.05) is 23.9 Å². The molecule has 3 fully saturated rings. The molecule has 0 spiro atoms. The minimum absolute atomic E-state index is 0.0330. The van der Waals surface area contributed by atoms with Crippen molar-refractivity contribution in [3.63, 3.8) is 0 Å². The summed E-state index contributed by atoms with van der Waals surface area (Å²) in [6.07, 6.45) is 9.60. The minimum Gasteiger partial charge on any atom is -0.351 e. The third kappa shape index (κ3) is 2.65. The van der Waals surface area contributed by atoms with Crippen molar-refractivity contribution in [2.24, 2.45) is 18.4 Å². The summed E-state index contributed by atoms with van der Waals surface area (Å²) in [4.78, 5) is 12.8. The van der Waals surface area contributed by atoms with E-state index in [9.17, 15) is 4.79 Å². The third-order valence-electron chi connectivity index (χ3n) is 6.18. The summed E-state index contributed by atoms with van der Waals surface area (Å²) in [6.45, 7) is 0.779. The second-order valence-corrected chi connectivity index (χ2v) is 8.12. The Balaban J connectivity index is 1.58. The van der Waals surface area contributed by atoms with E-state index >= 15 is 0 Å². The van der Waals surface area contributed by atoms with Gasteiger partial charge in [0.2, 0.25) is 0 Å². The molecule has 5 rings (SSSR count). The Kier molecular flexibility index (Phi) is 3.91. The first kappa shape index (κ1) is 16.1. The average Bonchev–Trinajstić information content (AvgIpc) is 2.92. The van der Waals surface area contributed by atoms with Gasteiger partial charge in [-0.15, -0.1) is 0 Å². The molecule has 1 aromatic carbocycles. The molecule has 0 saturated heterocycles. The van der Waals surface area contributed by atoms with Crippen molar-refractivity contribution in [2.45, 2.75) is 38.5 Å². The summed E-state index contributed by atoms with van der Waals surface area (Å²) >= 11 is 6.36. The quantitative estimate of drug-likeness (QED) is 0.855. The summed E-state index contributed by atoms with van der Waals surface area (Å²) < 4.78 is 1.91. The number of benzene rings is 1. The van der Waals surface area contributed by atoms with E-state index in [0.29, 0.717) is 21.5 Å². The molecule has 2 aromatic rings. The van der Waals surface area contributed by atoms with Gasteiger partial charge in [0, 0.05) is 30.7 Å². The summed E-state index contributed by atoms with van der Waals surface area (Å²) in [5.74, 6) is 0.902. The van der Waals surface area contributed by atoms with Crippen molar-refractivity contribution >= 4 is 41.7 Å². The first-order valence-corrected chi connectivity index (χ1v) is 9.17. The number of hydrogen-bond donors (Lipinski definition) is 1. The molecule has 1 amide bonds. The zero-order valence-electron chi connectivity index (χ0n) is 14.1. The second kappa shape index (κ2) is 5.84. The van der Waals surface area contributed by atoms with Gasteiger partial charge in [-0.1, -0.05) is 17.1 Å². The summed E-state index contributed by atoms with van der Waals surface area (Å²) in [6, 6.07) is 3.57. The lowest BCUT2D eigenvalue weighted by Gasteiger charge is -2.46. The highest BCUT2D eigenvalue weighted by atomic mass is 35.5. The fourth-order valence-electron chi connectivity index (χ4n) is 4.62. The SMILES string of the molecule is [B]c1cc(Cl)c2c(C(=O)NCC34CCC(CC3)CC4)cn(C)c2c1. The van der Waals surface area contributed by atoms with Crippen LogP contribution in [0.5, 0.6) is 0 Å². The van der Waals surface area contributed by atoms with Crippen LogP contribution in [0, 0.1) is 11.3 Å². The molecule has 5 heteroatoms. The molecule has 24 heavy (non-hydrogen) atoms. The highest BCUT2D eigenvalue weighted by molar-refractivity contribution is 6.41. The van der Waals surface area contributed by atoms with Crippen LogP contribution in [0.15, 0.2) is 18.3 Å². The maximum absolute atomic E-state index is 12.8. The van der Waals surface area contributed by atoms with E-state index in [1.54, 1.807) is 6.07 Å². The first-order chi connectivity index (χ1) is 11.5. The Bertz CT molecular complexity index is 792. The minimum atomic E-state index is -0.0330. The van der Waals surface area contributed by atoms with Gasteiger partial charge in [0.15, 0.2) is 0 Å². The molecule has 0 atom stereocenters. The van der Waals surface area contributed by atoms with Gasteiger partial charge in [0.05, 0.1) is 10.6 Å². The van der Waals surface area contributed by atoms with Gasteiger partial charge in [-0.05, 0) is 62.0 Å². The van der Waals surface area contributed by atoms with Gasteiger partial charge in [-0.2, -0.15) is 0 Å².